The molecule has 1 aliphatic carbocycles. The highest BCUT2D eigenvalue weighted by Crippen LogP contribution is 2.50. The first-order valence-corrected chi connectivity index (χ1v) is 4.72. The van der Waals surface area contributed by atoms with E-state index in [4.69, 9.17) is 4.74 Å². The summed E-state index contributed by atoms with van der Waals surface area (Å²) in [6, 6.07) is 0. The molecule has 0 spiro atoms. The van der Waals surface area contributed by atoms with E-state index in [1.54, 1.807) is 0 Å². The summed E-state index contributed by atoms with van der Waals surface area (Å²) in [4.78, 5) is 11.3. The van der Waals surface area contributed by atoms with Crippen LogP contribution < -0.4 is 5.32 Å². The highest BCUT2D eigenvalue weighted by molar-refractivity contribution is 5.76. The van der Waals surface area contributed by atoms with Gasteiger partial charge >= 0.3 is 5.97 Å². The maximum Gasteiger partial charge on any atom is 0.309 e. The topological polar surface area (TPSA) is 38.3 Å². The van der Waals surface area contributed by atoms with E-state index in [1.165, 1.54) is 0 Å². The van der Waals surface area contributed by atoms with E-state index < -0.39 is 0 Å². The third-order valence-electron chi connectivity index (χ3n) is 2.92. The Morgan fingerprint density at radius 3 is 3.00 bits per heavy atom. The molecule has 0 aromatic carbocycles. The fraction of sp³-hybridized carbons (Fsp3) is 0.889. The van der Waals surface area contributed by atoms with E-state index in [0.717, 1.165) is 19.5 Å². The maximum absolute atomic E-state index is 11.3. The van der Waals surface area contributed by atoms with Gasteiger partial charge in [-0.25, -0.2) is 0 Å². The number of carbonyl (C=O) groups is 1. The van der Waals surface area contributed by atoms with Gasteiger partial charge in [0.15, 0.2) is 0 Å². The quantitative estimate of drug-likeness (QED) is 0.608. The van der Waals surface area contributed by atoms with Crippen molar-refractivity contribution in [2.75, 3.05) is 19.7 Å². The van der Waals surface area contributed by atoms with Gasteiger partial charge in [0.25, 0.3) is 0 Å². The minimum atomic E-state index is 0.0243. The van der Waals surface area contributed by atoms with Crippen LogP contribution >= 0.6 is 0 Å². The van der Waals surface area contributed by atoms with Crippen LogP contribution in [0.4, 0.5) is 0 Å². The predicted octanol–water partition coefficient (Wildman–Crippen LogP) is 0.405. The van der Waals surface area contributed by atoms with Crippen LogP contribution in [0.15, 0.2) is 0 Å². The lowest BCUT2D eigenvalue weighted by Crippen LogP contribution is -2.23. The van der Waals surface area contributed by atoms with Gasteiger partial charge in [-0.2, -0.15) is 0 Å². The minimum Gasteiger partial charge on any atom is -0.466 e. The number of hydrogen-bond donors (Lipinski definition) is 1. The van der Waals surface area contributed by atoms with E-state index in [-0.39, 0.29) is 11.9 Å². The zero-order valence-electron chi connectivity index (χ0n) is 7.38. The molecule has 3 atom stereocenters. The fourth-order valence-corrected chi connectivity index (χ4v) is 2.24. The third kappa shape index (κ3) is 1.22. The first-order valence-electron chi connectivity index (χ1n) is 4.72. The van der Waals surface area contributed by atoms with Crippen molar-refractivity contribution in [2.24, 2.45) is 17.8 Å². The Balaban J connectivity index is 1.87. The molecule has 0 radical (unpaired) electrons. The number of rotatable bonds is 2. The monoisotopic (exact) mass is 169 g/mol. The second kappa shape index (κ2) is 3.05. The summed E-state index contributed by atoms with van der Waals surface area (Å²) in [6.07, 6.45) is 1.15. The van der Waals surface area contributed by atoms with Crippen molar-refractivity contribution >= 4 is 5.97 Å². The summed E-state index contributed by atoms with van der Waals surface area (Å²) in [5.74, 6) is 1.46. The number of nitrogens with one attached hydrogen (secondary N) is 1. The molecule has 0 amide bonds. The van der Waals surface area contributed by atoms with Crippen molar-refractivity contribution in [1.29, 1.82) is 0 Å². The molecule has 1 unspecified atom stereocenters. The lowest BCUT2D eigenvalue weighted by Gasteiger charge is -2.07. The average Bonchev–Trinajstić information content (AvgIpc) is 2.78. The van der Waals surface area contributed by atoms with Gasteiger partial charge < -0.3 is 10.1 Å². The van der Waals surface area contributed by atoms with Crippen LogP contribution in [0.25, 0.3) is 0 Å². The molecule has 0 bridgehead atoms. The number of ether oxygens (including phenoxy) is 1. The van der Waals surface area contributed by atoms with Crippen molar-refractivity contribution in [2.45, 2.75) is 13.3 Å². The second-order valence-electron chi connectivity index (χ2n) is 3.60. The van der Waals surface area contributed by atoms with Crippen LogP contribution in [0.2, 0.25) is 0 Å². The zero-order chi connectivity index (χ0) is 8.55. The van der Waals surface area contributed by atoms with Crippen LogP contribution in [-0.4, -0.2) is 25.7 Å². The lowest BCUT2D eigenvalue weighted by atomic mass is 10.2. The third-order valence-corrected chi connectivity index (χ3v) is 2.92. The Morgan fingerprint density at radius 1 is 1.58 bits per heavy atom. The van der Waals surface area contributed by atoms with Crippen LogP contribution in [0.5, 0.6) is 0 Å². The van der Waals surface area contributed by atoms with Gasteiger partial charge in [0, 0.05) is 0 Å². The fourth-order valence-electron chi connectivity index (χ4n) is 2.24. The summed E-state index contributed by atoms with van der Waals surface area (Å²) in [5, 5.41) is 3.30. The number of carbonyl (C=O) groups excluding carboxylic acids is 1. The van der Waals surface area contributed by atoms with Gasteiger partial charge in [-0.05, 0) is 38.3 Å². The Bertz CT molecular complexity index is 181. The van der Waals surface area contributed by atoms with Crippen molar-refractivity contribution in [3.63, 3.8) is 0 Å². The van der Waals surface area contributed by atoms with Crippen molar-refractivity contribution in [3.05, 3.63) is 0 Å². The molecule has 1 saturated heterocycles. The highest BCUT2D eigenvalue weighted by atomic mass is 16.5. The molecule has 1 N–H and O–H groups in total. The summed E-state index contributed by atoms with van der Waals surface area (Å²) < 4.78 is 4.99. The van der Waals surface area contributed by atoms with E-state index in [9.17, 15) is 4.79 Å². The van der Waals surface area contributed by atoms with Crippen LogP contribution in [0.1, 0.15) is 13.3 Å². The smallest absolute Gasteiger partial charge is 0.309 e. The molecule has 0 aromatic rings. The van der Waals surface area contributed by atoms with Crippen molar-refractivity contribution in [1.82, 2.24) is 5.32 Å². The number of fused-ring (bicyclic) bond motifs is 1. The van der Waals surface area contributed by atoms with Gasteiger partial charge in [-0.3, -0.25) is 4.79 Å². The molecule has 3 nitrogen and oxygen atoms in total. The van der Waals surface area contributed by atoms with E-state index in [2.05, 4.69) is 5.32 Å². The Kier molecular flexibility index (Phi) is 2.05. The average molecular weight is 169 g/mol. The molecule has 68 valence electrons. The molecular formula is C9H15NO2. The van der Waals surface area contributed by atoms with Gasteiger partial charge in [0.2, 0.25) is 0 Å². The standard InChI is InChI=1S/C9H15NO2/c1-2-12-9(11)8-6-3-4-10-5-7(6)8/h6-8,10H,2-5H2,1H3/t6-,7+,8?/m1/s1. The van der Waals surface area contributed by atoms with Crippen LogP contribution in [-0.2, 0) is 9.53 Å². The minimum absolute atomic E-state index is 0.0243. The normalized spacial score (nSPS) is 38.6. The maximum atomic E-state index is 11.3. The molecular weight excluding hydrogens is 154 g/mol. The molecule has 2 aliphatic rings. The van der Waals surface area contributed by atoms with E-state index in [1.807, 2.05) is 6.92 Å². The summed E-state index contributed by atoms with van der Waals surface area (Å²) >= 11 is 0. The highest BCUT2D eigenvalue weighted by Gasteiger charge is 2.55. The molecule has 0 aromatic heterocycles. The molecule has 2 rings (SSSR count). The summed E-state index contributed by atoms with van der Waals surface area (Å²) in [7, 11) is 0. The van der Waals surface area contributed by atoms with Crippen LogP contribution in [0.3, 0.4) is 0 Å². The van der Waals surface area contributed by atoms with Gasteiger partial charge in [-0.1, -0.05) is 0 Å². The number of piperidine rings is 1. The largest absolute Gasteiger partial charge is 0.466 e. The van der Waals surface area contributed by atoms with Crippen LogP contribution in [0, 0.1) is 17.8 Å². The van der Waals surface area contributed by atoms with Gasteiger partial charge in [0.1, 0.15) is 0 Å². The molecule has 2 fully saturated rings. The SMILES string of the molecule is CCOC(=O)C1[C@H]2CNCC[C@@H]12. The number of esters is 1. The summed E-state index contributed by atoms with van der Waals surface area (Å²) in [6.45, 7) is 4.45. The van der Waals surface area contributed by atoms with E-state index >= 15 is 0 Å². The van der Waals surface area contributed by atoms with Crippen molar-refractivity contribution < 1.29 is 9.53 Å². The Hall–Kier alpha value is -0.570. The predicted molar refractivity (Wildman–Crippen MR) is 44.6 cm³/mol. The summed E-state index contributed by atoms with van der Waals surface area (Å²) in [5.41, 5.74) is 0. The first kappa shape index (κ1) is 8.05. The second-order valence-corrected chi connectivity index (χ2v) is 3.60. The van der Waals surface area contributed by atoms with Crippen molar-refractivity contribution in [3.8, 4) is 0 Å². The molecule has 12 heavy (non-hydrogen) atoms. The molecule has 3 heteroatoms. The number of hydrogen-bond acceptors (Lipinski definition) is 3. The first-order chi connectivity index (χ1) is 5.84. The van der Waals surface area contributed by atoms with E-state index in [0.29, 0.717) is 18.4 Å². The Labute approximate surface area is 72.5 Å². The zero-order valence-corrected chi connectivity index (χ0v) is 7.38. The lowest BCUT2D eigenvalue weighted by molar-refractivity contribution is -0.145. The Morgan fingerprint density at radius 2 is 2.42 bits per heavy atom. The molecule has 1 heterocycles. The molecule has 1 saturated carbocycles. The van der Waals surface area contributed by atoms with Gasteiger partial charge in [-0.15, -0.1) is 0 Å². The molecule has 1 aliphatic heterocycles. The van der Waals surface area contributed by atoms with Gasteiger partial charge in [0.05, 0.1) is 12.5 Å².